The molecule has 1 aromatic rings. The molecule has 0 amide bonds. The minimum atomic E-state index is -3.14. The minimum absolute atomic E-state index is 0.276. The summed E-state index contributed by atoms with van der Waals surface area (Å²) in [7, 11) is -3.14. The summed E-state index contributed by atoms with van der Waals surface area (Å²) in [5.74, 6) is -0.719. The van der Waals surface area contributed by atoms with Gasteiger partial charge >= 0.3 is 0 Å². The predicted octanol–water partition coefficient (Wildman–Crippen LogP) is 1.99. The van der Waals surface area contributed by atoms with E-state index in [1.54, 1.807) is 4.31 Å². The third-order valence-electron chi connectivity index (χ3n) is 4.79. The molecule has 1 saturated heterocycles. The predicted molar refractivity (Wildman–Crippen MR) is 84.5 cm³/mol. The number of piperidine rings is 1. The molecule has 128 valence electrons. The van der Waals surface area contributed by atoms with Gasteiger partial charge in [0.25, 0.3) is 0 Å². The first-order valence-corrected chi connectivity index (χ1v) is 9.82. The van der Waals surface area contributed by atoms with Gasteiger partial charge in [-0.05, 0) is 42.4 Å². The number of benzene rings is 1. The van der Waals surface area contributed by atoms with Gasteiger partial charge in [-0.2, -0.15) is 0 Å². The highest BCUT2D eigenvalue weighted by atomic mass is 32.2. The number of rotatable bonds is 3. The van der Waals surface area contributed by atoms with Gasteiger partial charge in [0.1, 0.15) is 11.6 Å². The molecule has 2 heterocycles. The summed E-state index contributed by atoms with van der Waals surface area (Å²) >= 11 is 0. The number of halogens is 2. The first kappa shape index (κ1) is 16.8. The van der Waals surface area contributed by atoms with Gasteiger partial charge in [0.15, 0.2) is 0 Å². The smallest absolute Gasteiger partial charge is 0.211 e. The molecule has 23 heavy (non-hydrogen) atoms. The van der Waals surface area contributed by atoms with E-state index in [0.29, 0.717) is 37.2 Å². The Morgan fingerprint density at radius 1 is 1.26 bits per heavy atom. The molecule has 0 spiro atoms. The van der Waals surface area contributed by atoms with E-state index in [1.165, 1.54) is 12.3 Å². The molecule has 0 aliphatic carbocycles. The van der Waals surface area contributed by atoms with Gasteiger partial charge in [-0.15, -0.1) is 0 Å². The van der Waals surface area contributed by atoms with E-state index in [-0.39, 0.29) is 5.92 Å². The highest BCUT2D eigenvalue weighted by Gasteiger charge is 2.28. The number of hydrogen-bond acceptors (Lipinski definition) is 3. The van der Waals surface area contributed by atoms with Gasteiger partial charge in [0, 0.05) is 38.8 Å². The summed E-state index contributed by atoms with van der Waals surface area (Å²) in [5.41, 5.74) is 1.33. The van der Waals surface area contributed by atoms with Crippen LogP contribution in [0.4, 0.5) is 8.78 Å². The fraction of sp³-hybridized carbons (Fsp3) is 0.625. The fourth-order valence-electron chi connectivity index (χ4n) is 3.67. The third kappa shape index (κ3) is 3.89. The van der Waals surface area contributed by atoms with Crippen molar-refractivity contribution in [2.45, 2.75) is 25.8 Å². The molecule has 1 fully saturated rings. The Kier molecular flexibility index (Phi) is 4.71. The van der Waals surface area contributed by atoms with Crippen LogP contribution in [0.5, 0.6) is 0 Å². The SMILES string of the molecule is CS(=O)(=O)N1CCC[C@@H](CN2CCc3c(F)cc(F)cc3C2)C1. The molecule has 0 aromatic heterocycles. The summed E-state index contributed by atoms with van der Waals surface area (Å²) < 4.78 is 52.1. The van der Waals surface area contributed by atoms with Crippen LogP contribution in [0.25, 0.3) is 0 Å². The molecule has 0 bridgehead atoms. The maximum absolute atomic E-state index is 13.8. The van der Waals surface area contributed by atoms with Gasteiger partial charge in [-0.25, -0.2) is 21.5 Å². The van der Waals surface area contributed by atoms with E-state index in [4.69, 9.17) is 0 Å². The third-order valence-corrected chi connectivity index (χ3v) is 6.06. The van der Waals surface area contributed by atoms with Crippen molar-refractivity contribution in [1.82, 2.24) is 9.21 Å². The molecule has 2 aliphatic rings. The lowest BCUT2D eigenvalue weighted by Crippen LogP contribution is -2.44. The average Bonchev–Trinajstić information content (AvgIpc) is 2.46. The molecule has 7 heteroatoms. The molecule has 0 saturated carbocycles. The monoisotopic (exact) mass is 344 g/mol. The fourth-order valence-corrected chi connectivity index (χ4v) is 4.61. The van der Waals surface area contributed by atoms with E-state index < -0.39 is 21.7 Å². The summed E-state index contributed by atoms with van der Waals surface area (Å²) in [4.78, 5) is 2.18. The van der Waals surface area contributed by atoms with Crippen molar-refractivity contribution in [2.24, 2.45) is 5.92 Å². The van der Waals surface area contributed by atoms with Crippen LogP contribution in [0.1, 0.15) is 24.0 Å². The van der Waals surface area contributed by atoms with E-state index >= 15 is 0 Å². The first-order chi connectivity index (χ1) is 10.8. The van der Waals surface area contributed by atoms with Crippen molar-refractivity contribution in [3.63, 3.8) is 0 Å². The Bertz CT molecular complexity index is 694. The lowest BCUT2D eigenvalue weighted by Gasteiger charge is -2.36. The number of nitrogens with zero attached hydrogens (tertiary/aromatic N) is 2. The maximum Gasteiger partial charge on any atom is 0.211 e. The second-order valence-electron chi connectivity index (χ2n) is 6.64. The summed E-state index contributed by atoms with van der Waals surface area (Å²) in [6.45, 7) is 3.15. The van der Waals surface area contributed by atoms with Crippen molar-refractivity contribution in [2.75, 3.05) is 32.4 Å². The summed E-state index contributed by atoms with van der Waals surface area (Å²) in [6, 6.07) is 2.36. The lowest BCUT2D eigenvalue weighted by atomic mass is 9.95. The first-order valence-electron chi connectivity index (χ1n) is 7.97. The van der Waals surface area contributed by atoms with Crippen molar-refractivity contribution in [1.29, 1.82) is 0 Å². The van der Waals surface area contributed by atoms with Crippen molar-refractivity contribution in [3.8, 4) is 0 Å². The van der Waals surface area contributed by atoms with Crippen LogP contribution in [-0.4, -0.2) is 50.1 Å². The largest absolute Gasteiger partial charge is 0.298 e. The van der Waals surface area contributed by atoms with E-state index in [2.05, 4.69) is 4.90 Å². The quantitative estimate of drug-likeness (QED) is 0.842. The van der Waals surface area contributed by atoms with Gasteiger partial charge < -0.3 is 0 Å². The second kappa shape index (κ2) is 6.45. The Labute approximate surface area is 136 Å². The molecule has 4 nitrogen and oxygen atoms in total. The number of sulfonamides is 1. The summed E-state index contributed by atoms with van der Waals surface area (Å²) in [5, 5.41) is 0. The molecular weight excluding hydrogens is 322 g/mol. The van der Waals surface area contributed by atoms with Gasteiger partial charge in [-0.1, -0.05) is 0 Å². The Morgan fingerprint density at radius 2 is 2.04 bits per heavy atom. The summed E-state index contributed by atoms with van der Waals surface area (Å²) in [6.07, 6.45) is 3.68. The average molecular weight is 344 g/mol. The van der Waals surface area contributed by atoms with Crippen LogP contribution in [0.3, 0.4) is 0 Å². The zero-order chi connectivity index (χ0) is 16.6. The topological polar surface area (TPSA) is 40.6 Å². The Balaban J connectivity index is 1.65. The maximum atomic E-state index is 13.8. The molecule has 0 N–H and O–H groups in total. The number of hydrogen-bond donors (Lipinski definition) is 0. The van der Waals surface area contributed by atoms with Crippen LogP contribution in [0.2, 0.25) is 0 Å². The molecule has 0 radical (unpaired) electrons. The molecule has 3 rings (SSSR count). The van der Waals surface area contributed by atoms with E-state index in [0.717, 1.165) is 32.0 Å². The lowest BCUT2D eigenvalue weighted by molar-refractivity contribution is 0.166. The highest BCUT2D eigenvalue weighted by Crippen LogP contribution is 2.26. The zero-order valence-electron chi connectivity index (χ0n) is 13.3. The molecule has 0 unspecified atom stereocenters. The Morgan fingerprint density at radius 3 is 2.78 bits per heavy atom. The van der Waals surface area contributed by atoms with Gasteiger partial charge in [-0.3, -0.25) is 4.90 Å². The minimum Gasteiger partial charge on any atom is -0.298 e. The zero-order valence-corrected chi connectivity index (χ0v) is 14.1. The van der Waals surface area contributed by atoms with Crippen LogP contribution in [0.15, 0.2) is 12.1 Å². The van der Waals surface area contributed by atoms with Crippen LogP contribution < -0.4 is 0 Å². The normalized spacial score (nSPS) is 23.7. The van der Waals surface area contributed by atoms with Crippen molar-refractivity contribution in [3.05, 3.63) is 34.9 Å². The van der Waals surface area contributed by atoms with Crippen molar-refractivity contribution >= 4 is 10.0 Å². The standard InChI is InChI=1S/C16H22F2N2O2S/c1-23(21,22)20-5-2-3-12(10-20)9-19-6-4-15-13(11-19)7-14(17)8-16(15)18/h7-8,12H,2-6,9-11H2,1H3/t12-/m0/s1. The van der Waals surface area contributed by atoms with Crippen LogP contribution in [0, 0.1) is 17.6 Å². The molecular formula is C16H22F2N2O2S. The molecule has 2 aliphatic heterocycles. The second-order valence-corrected chi connectivity index (χ2v) is 8.62. The van der Waals surface area contributed by atoms with Crippen molar-refractivity contribution < 1.29 is 17.2 Å². The van der Waals surface area contributed by atoms with Crippen LogP contribution in [-0.2, 0) is 23.0 Å². The molecule has 1 aromatic carbocycles. The highest BCUT2D eigenvalue weighted by molar-refractivity contribution is 7.88. The van der Waals surface area contributed by atoms with Crippen LogP contribution >= 0.6 is 0 Å². The number of fused-ring (bicyclic) bond motifs is 1. The molecule has 1 atom stereocenters. The van der Waals surface area contributed by atoms with E-state index in [1.807, 2.05) is 0 Å². The van der Waals surface area contributed by atoms with E-state index in [9.17, 15) is 17.2 Å². The Hall–Kier alpha value is -1.05. The van der Waals surface area contributed by atoms with Gasteiger partial charge in [0.05, 0.1) is 6.26 Å². The van der Waals surface area contributed by atoms with Gasteiger partial charge in [0.2, 0.25) is 10.0 Å².